The van der Waals surface area contributed by atoms with E-state index < -0.39 is 0 Å². The largest absolute Gasteiger partial charge is 0.346 e. The third-order valence-corrected chi connectivity index (χ3v) is 5.05. The number of aryl methyl sites for hydroxylation is 2. The van der Waals surface area contributed by atoms with Gasteiger partial charge in [-0.05, 0) is 39.8 Å². The highest BCUT2D eigenvalue weighted by Gasteiger charge is 2.19. The quantitative estimate of drug-likeness (QED) is 0.598. The van der Waals surface area contributed by atoms with E-state index in [9.17, 15) is 9.59 Å². The van der Waals surface area contributed by atoms with E-state index in [1.165, 1.54) is 6.07 Å². The molecule has 3 aromatic rings. The Balaban J connectivity index is 1.49. The summed E-state index contributed by atoms with van der Waals surface area (Å²) in [5.74, 6) is -0.282. The minimum atomic E-state index is -0.282. The lowest BCUT2D eigenvalue weighted by molar-refractivity contribution is 0.0945. The highest BCUT2D eigenvalue weighted by Crippen LogP contribution is 2.17. The van der Waals surface area contributed by atoms with Crippen LogP contribution in [0, 0.1) is 13.8 Å². The number of nitrogens with zero attached hydrogens (tertiary/aromatic N) is 5. The molecule has 4 heterocycles. The summed E-state index contributed by atoms with van der Waals surface area (Å²) in [5.41, 5.74) is 3.11. The van der Waals surface area contributed by atoms with E-state index in [0.29, 0.717) is 17.9 Å². The van der Waals surface area contributed by atoms with Gasteiger partial charge in [0.25, 0.3) is 11.5 Å². The lowest BCUT2D eigenvalue weighted by Crippen LogP contribution is -2.29. The summed E-state index contributed by atoms with van der Waals surface area (Å²) in [4.78, 5) is 28.4. The molecule has 3 aromatic heterocycles. The van der Waals surface area contributed by atoms with E-state index in [2.05, 4.69) is 31.0 Å². The Morgan fingerprint density at radius 1 is 1.33 bits per heavy atom. The fourth-order valence-electron chi connectivity index (χ4n) is 3.50. The van der Waals surface area contributed by atoms with E-state index in [1.807, 2.05) is 13.8 Å². The van der Waals surface area contributed by atoms with Gasteiger partial charge in [-0.2, -0.15) is 0 Å². The third kappa shape index (κ3) is 3.35. The van der Waals surface area contributed by atoms with E-state index in [-0.39, 0.29) is 17.5 Å². The number of aromatic amines is 1. The predicted molar refractivity (Wildman–Crippen MR) is 97.6 cm³/mol. The second kappa shape index (κ2) is 6.95. The molecule has 0 spiro atoms. The van der Waals surface area contributed by atoms with Gasteiger partial charge in [-0.25, -0.2) is 14.2 Å². The van der Waals surface area contributed by atoms with Crippen molar-refractivity contribution >= 4 is 11.6 Å². The molecule has 1 fully saturated rings. The standard InChI is InChI=1S/C17H22N8O2/c1-10-13(11(2)25-15(20-10)7-16(26)22-25)8-19-17(27)14-9-24(23-21-14)12-3-5-18-6-4-12/h7,9,12,18H,3-6,8H2,1-2H3,(H,19,27)(H,22,26). The molecule has 142 valence electrons. The lowest BCUT2D eigenvalue weighted by Gasteiger charge is -2.22. The Kier molecular flexibility index (Phi) is 4.48. The van der Waals surface area contributed by atoms with Crippen LogP contribution in [0.2, 0.25) is 0 Å². The number of fused-ring (bicyclic) bond motifs is 1. The fraction of sp³-hybridized carbons (Fsp3) is 0.471. The normalized spacial score (nSPS) is 15.3. The fourth-order valence-corrected chi connectivity index (χ4v) is 3.50. The number of amides is 1. The zero-order valence-corrected chi connectivity index (χ0v) is 15.3. The molecule has 1 amide bonds. The first-order valence-corrected chi connectivity index (χ1v) is 9.01. The predicted octanol–water partition coefficient (Wildman–Crippen LogP) is 0.0854. The van der Waals surface area contributed by atoms with E-state index in [0.717, 1.165) is 42.9 Å². The van der Waals surface area contributed by atoms with Crippen molar-refractivity contribution in [2.45, 2.75) is 39.3 Å². The van der Waals surface area contributed by atoms with Crippen molar-refractivity contribution in [3.05, 3.63) is 45.3 Å². The van der Waals surface area contributed by atoms with Crippen molar-refractivity contribution in [2.75, 3.05) is 13.1 Å². The Bertz CT molecular complexity index is 1040. The Labute approximate surface area is 155 Å². The Morgan fingerprint density at radius 3 is 2.89 bits per heavy atom. The molecule has 0 unspecified atom stereocenters. The first kappa shape index (κ1) is 17.4. The van der Waals surface area contributed by atoms with E-state index in [4.69, 9.17) is 0 Å². The molecule has 27 heavy (non-hydrogen) atoms. The van der Waals surface area contributed by atoms with Crippen molar-refractivity contribution in [2.24, 2.45) is 0 Å². The van der Waals surface area contributed by atoms with Gasteiger partial charge >= 0.3 is 0 Å². The van der Waals surface area contributed by atoms with Crippen molar-refractivity contribution < 1.29 is 4.79 Å². The summed E-state index contributed by atoms with van der Waals surface area (Å²) in [6, 6.07) is 1.73. The molecule has 0 aliphatic carbocycles. The highest BCUT2D eigenvalue weighted by atomic mass is 16.2. The topological polar surface area (TPSA) is 122 Å². The number of aromatic nitrogens is 6. The SMILES string of the molecule is Cc1nc2cc(=O)[nH]n2c(C)c1CNC(=O)c1cn(C2CCNCC2)nn1. The van der Waals surface area contributed by atoms with Crippen LogP contribution in [0.3, 0.4) is 0 Å². The number of hydrogen-bond donors (Lipinski definition) is 3. The van der Waals surface area contributed by atoms with Crippen LogP contribution in [-0.4, -0.2) is 48.6 Å². The monoisotopic (exact) mass is 370 g/mol. The van der Waals surface area contributed by atoms with Crippen molar-refractivity contribution in [1.82, 2.24) is 40.2 Å². The molecule has 0 radical (unpaired) electrons. The maximum absolute atomic E-state index is 12.5. The van der Waals surface area contributed by atoms with Gasteiger partial charge in [0, 0.05) is 29.6 Å². The zero-order valence-electron chi connectivity index (χ0n) is 15.3. The van der Waals surface area contributed by atoms with Gasteiger partial charge in [0.05, 0.1) is 12.2 Å². The number of rotatable bonds is 4. The molecular formula is C17H22N8O2. The van der Waals surface area contributed by atoms with E-state index >= 15 is 0 Å². The van der Waals surface area contributed by atoms with Crippen LogP contribution in [0.4, 0.5) is 0 Å². The molecule has 0 saturated carbocycles. The van der Waals surface area contributed by atoms with Crippen LogP contribution >= 0.6 is 0 Å². The van der Waals surface area contributed by atoms with Crippen LogP contribution in [0.15, 0.2) is 17.1 Å². The molecule has 0 aromatic carbocycles. The van der Waals surface area contributed by atoms with E-state index in [1.54, 1.807) is 15.4 Å². The number of carbonyl (C=O) groups is 1. The Hall–Kier alpha value is -3.01. The minimum Gasteiger partial charge on any atom is -0.346 e. The van der Waals surface area contributed by atoms with Gasteiger partial charge in [-0.1, -0.05) is 5.21 Å². The van der Waals surface area contributed by atoms with Gasteiger partial charge in [-0.3, -0.25) is 14.7 Å². The number of piperidine rings is 1. The molecule has 1 aliphatic heterocycles. The van der Waals surface area contributed by atoms with Gasteiger partial charge in [0.1, 0.15) is 0 Å². The average Bonchev–Trinajstić information content (AvgIpc) is 3.29. The first-order chi connectivity index (χ1) is 13.0. The van der Waals surface area contributed by atoms with Crippen molar-refractivity contribution in [1.29, 1.82) is 0 Å². The molecule has 4 rings (SSSR count). The van der Waals surface area contributed by atoms with Crippen LogP contribution in [0.5, 0.6) is 0 Å². The highest BCUT2D eigenvalue weighted by molar-refractivity contribution is 5.91. The molecular weight excluding hydrogens is 348 g/mol. The second-order valence-corrected chi connectivity index (χ2v) is 6.82. The van der Waals surface area contributed by atoms with Gasteiger partial charge in [-0.15, -0.1) is 5.10 Å². The number of carbonyl (C=O) groups excluding carboxylic acids is 1. The summed E-state index contributed by atoms with van der Waals surface area (Å²) < 4.78 is 3.41. The molecule has 0 bridgehead atoms. The number of hydrogen-bond acceptors (Lipinski definition) is 6. The summed E-state index contributed by atoms with van der Waals surface area (Å²) in [7, 11) is 0. The molecule has 1 saturated heterocycles. The molecule has 10 heteroatoms. The molecule has 3 N–H and O–H groups in total. The molecule has 10 nitrogen and oxygen atoms in total. The summed E-state index contributed by atoms with van der Waals surface area (Å²) in [5, 5.41) is 17.0. The van der Waals surface area contributed by atoms with Crippen LogP contribution in [0.1, 0.15) is 46.3 Å². The second-order valence-electron chi connectivity index (χ2n) is 6.82. The molecule has 0 atom stereocenters. The van der Waals surface area contributed by atoms with Gasteiger partial charge in [0.2, 0.25) is 0 Å². The van der Waals surface area contributed by atoms with Crippen LogP contribution < -0.4 is 16.2 Å². The van der Waals surface area contributed by atoms with Crippen LogP contribution in [0.25, 0.3) is 5.65 Å². The maximum atomic E-state index is 12.5. The summed E-state index contributed by atoms with van der Waals surface area (Å²) >= 11 is 0. The molecule has 1 aliphatic rings. The smallest absolute Gasteiger partial charge is 0.273 e. The number of nitrogens with one attached hydrogen (secondary N) is 3. The average molecular weight is 370 g/mol. The maximum Gasteiger partial charge on any atom is 0.273 e. The van der Waals surface area contributed by atoms with Gasteiger partial charge in [0.15, 0.2) is 11.3 Å². The van der Waals surface area contributed by atoms with Gasteiger partial charge < -0.3 is 10.6 Å². The number of H-pyrrole nitrogens is 1. The van der Waals surface area contributed by atoms with Crippen LogP contribution in [-0.2, 0) is 6.54 Å². The lowest BCUT2D eigenvalue weighted by atomic mass is 10.1. The minimum absolute atomic E-state index is 0.208. The zero-order chi connectivity index (χ0) is 19.0. The first-order valence-electron chi connectivity index (χ1n) is 9.01. The third-order valence-electron chi connectivity index (χ3n) is 5.05. The van der Waals surface area contributed by atoms with Crippen molar-refractivity contribution in [3.63, 3.8) is 0 Å². The summed E-state index contributed by atoms with van der Waals surface area (Å²) in [6.07, 6.45) is 3.66. The Morgan fingerprint density at radius 2 is 2.11 bits per heavy atom. The van der Waals surface area contributed by atoms with Crippen molar-refractivity contribution in [3.8, 4) is 0 Å². The summed E-state index contributed by atoms with van der Waals surface area (Å²) in [6.45, 7) is 5.93.